The summed E-state index contributed by atoms with van der Waals surface area (Å²) in [4.78, 5) is 23.2. The van der Waals surface area contributed by atoms with Crippen LogP contribution in [0.15, 0.2) is 29.3 Å². The minimum atomic E-state index is -5.44. The average molecular weight is 607 g/mol. The molecule has 2 aliphatic rings. The van der Waals surface area contributed by atoms with Gasteiger partial charge < -0.3 is 10.0 Å². The fourth-order valence-electron chi connectivity index (χ4n) is 4.76. The number of hydrogen-bond acceptors (Lipinski definition) is 5. The maximum atomic E-state index is 14.0. The number of sulfone groups is 1. The summed E-state index contributed by atoms with van der Waals surface area (Å²) in [5.41, 5.74) is -7.79. The van der Waals surface area contributed by atoms with Crippen molar-refractivity contribution in [2.75, 3.05) is 6.54 Å². The summed E-state index contributed by atoms with van der Waals surface area (Å²) in [7, 11) is -4.10. The van der Waals surface area contributed by atoms with Gasteiger partial charge in [-0.15, -0.1) is 0 Å². The van der Waals surface area contributed by atoms with E-state index in [1.165, 1.54) is 0 Å². The molecule has 1 N–H and O–H groups in total. The Morgan fingerprint density at radius 3 is 2.10 bits per heavy atom. The van der Waals surface area contributed by atoms with Crippen LogP contribution in [-0.4, -0.2) is 64.1 Å². The van der Waals surface area contributed by atoms with Crippen molar-refractivity contribution in [2.24, 2.45) is 12.5 Å². The number of aromatic nitrogens is 2. The number of likely N-dealkylation sites (tertiary alicyclic amines) is 1. The summed E-state index contributed by atoms with van der Waals surface area (Å²) in [6.45, 7) is -1.13. The monoisotopic (exact) mass is 607 g/mol. The van der Waals surface area contributed by atoms with Crippen LogP contribution in [0.2, 0.25) is 0 Å². The van der Waals surface area contributed by atoms with Gasteiger partial charge in [0.2, 0.25) is 5.91 Å². The first kappa shape index (κ1) is 29.7. The number of carbonyl (C=O) groups is 2. The second-order valence-corrected chi connectivity index (χ2v) is 11.8. The molecule has 1 saturated carbocycles. The van der Waals surface area contributed by atoms with Gasteiger partial charge in [0, 0.05) is 25.4 Å². The van der Waals surface area contributed by atoms with Crippen LogP contribution >= 0.6 is 0 Å². The maximum absolute atomic E-state index is 14.0. The number of amides is 1. The third kappa shape index (κ3) is 4.89. The van der Waals surface area contributed by atoms with E-state index in [1.54, 1.807) is 0 Å². The van der Waals surface area contributed by atoms with E-state index in [2.05, 4.69) is 5.10 Å². The number of aliphatic carboxylic acids is 1. The van der Waals surface area contributed by atoms with Gasteiger partial charge in [0.15, 0.2) is 15.5 Å². The third-order valence-electron chi connectivity index (χ3n) is 6.95. The van der Waals surface area contributed by atoms with E-state index in [0.29, 0.717) is 16.8 Å². The van der Waals surface area contributed by atoms with E-state index in [1.807, 2.05) is 0 Å². The zero-order chi connectivity index (χ0) is 30.2. The second kappa shape index (κ2) is 9.10. The van der Waals surface area contributed by atoms with E-state index < -0.39 is 110 Å². The molecule has 8 nitrogen and oxygen atoms in total. The summed E-state index contributed by atoms with van der Waals surface area (Å²) in [5.74, 6) is -3.54. The summed E-state index contributed by atoms with van der Waals surface area (Å²) in [6, 6.07) is -0.845. The molecule has 0 spiro atoms. The number of alkyl halides is 9. The molecule has 18 heteroatoms. The highest BCUT2D eigenvalue weighted by molar-refractivity contribution is 7.92. The van der Waals surface area contributed by atoms with Crippen LogP contribution in [0.1, 0.15) is 30.5 Å². The number of rotatable bonds is 5. The predicted molar refractivity (Wildman–Crippen MR) is 115 cm³/mol. The van der Waals surface area contributed by atoms with Crippen molar-refractivity contribution in [3.8, 4) is 11.1 Å². The standard InChI is InChI=1S/C22H18F9N3O5S/c1-33-9-12(16(32-33)21(26,27)28)10-2-3-15(13(6-10)20(23,24)25)40(38,39)11-7-14(17(35)36)34(8-11)18(37)19(4-5-19)22(29,30)31/h2-3,6,9,11,14H,4-5,7-8H2,1H3,(H,35,36)/t11-,14+/m1/s1. The molecule has 2 heterocycles. The summed E-state index contributed by atoms with van der Waals surface area (Å²) >= 11 is 0. The lowest BCUT2D eigenvalue weighted by atomic mass is 10.0. The van der Waals surface area contributed by atoms with E-state index >= 15 is 0 Å². The second-order valence-electron chi connectivity index (χ2n) is 9.57. The van der Waals surface area contributed by atoms with E-state index in [4.69, 9.17) is 0 Å². The first-order valence-corrected chi connectivity index (χ1v) is 12.8. The van der Waals surface area contributed by atoms with E-state index in [0.717, 1.165) is 13.2 Å². The van der Waals surface area contributed by atoms with Crippen molar-refractivity contribution >= 4 is 21.7 Å². The lowest BCUT2D eigenvalue weighted by Crippen LogP contribution is -2.48. The van der Waals surface area contributed by atoms with Crippen molar-refractivity contribution < 1.29 is 62.6 Å². The molecule has 0 radical (unpaired) electrons. The van der Waals surface area contributed by atoms with Gasteiger partial charge in [-0.3, -0.25) is 9.48 Å². The van der Waals surface area contributed by atoms with Gasteiger partial charge in [-0.05, 0) is 37.0 Å². The molecule has 2 atom stereocenters. The largest absolute Gasteiger partial charge is 0.480 e. The zero-order valence-electron chi connectivity index (χ0n) is 20.0. The third-order valence-corrected chi connectivity index (χ3v) is 9.14. The van der Waals surface area contributed by atoms with Crippen LogP contribution in [0, 0.1) is 5.41 Å². The van der Waals surface area contributed by atoms with Crippen LogP contribution in [0.3, 0.4) is 0 Å². The Morgan fingerprint density at radius 2 is 1.62 bits per heavy atom. The minimum Gasteiger partial charge on any atom is -0.480 e. The van der Waals surface area contributed by atoms with Gasteiger partial charge in [0.1, 0.15) is 11.5 Å². The molecule has 220 valence electrons. The molecular formula is C22H18F9N3O5S. The highest BCUT2D eigenvalue weighted by atomic mass is 32.2. The Morgan fingerprint density at radius 1 is 1.02 bits per heavy atom. The van der Waals surface area contributed by atoms with Crippen LogP contribution in [-0.2, 0) is 38.8 Å². The molecule has 2 fully saturated rings. The SMILES string of the molecule is Cn1cc(-c2ccc(S(=O)(=O)[C@@H]3C[C@@H](C(=O)O)N(C(=O)C4(C(F)(F)F)CC4)C3)c(C(F)(F)F)c2)c(C(F)(F)F)n1. The van der Waals surface area contributed by atoms with Gasteiger partial charge >= 0.3 is 24.5 Å². The first-order chi connectivity index (χ1) is 18.1. The number of carboxylic acids is 1. The Labute approximate surface area is 219 Å². The number of benzene rings is 1. The molecule has 1 aliphatic carbocycles. The molecule has 1 amide bonds. The first-order valence-electron chi connectivity index (χ1n) is 11.3. The van der Waals surface area contributed by atoms with Crippen molar-refractivity contribution in [1.82, 2.24) is 14.7 Å². The molecule has 1 aromatic heterocycles. The number of carboxylic acid groups (broad SMARTS) is 1. The van der Waals surface area contributed by atoms with Gasteiger partial charge in [-0.1, -0.05) is 6.07 Å². The quantitative estimate of drug-likeness (QED) is 0.508. The van der Waals surface area contributed by atoms with E-state index in [-0.39, 0.29) is 11.0 Å². The smallest absolute Gasteiger partial charge is 0.435 e. The predicted octanol–water partition coefficient (Wildman–Crippen LogP) is 4.30. The maximum Gasteiger partial charge on any atom is 0.435 e. The normalized spacial score (nSPS) is 21.5. The van der Waals surface area contributed by atoms with Crippen LogP contribution in [0.25, 0.3) is 11.1 Å². The summed E-state index contributed by atoms with van der Waals surface area (Å²) < 4.78 is 150. The zero-order valence-corrected chi connectivity index (χ0v) is 20.8. The van der Waals surface area contributed by atoms with E-state index in [9.17, 15) is 62.6 Å². The van der Waals surface area contributed by atoms with Crippen molar-refractivity contribution in [3.05, 3.63) is 35.7 Å². The molecule has 4 rings (SSSR count). The summed E-state index contributed by atoms with van der Waals surface area (Å²) in [5, 5.41) is 10.6. The minimum absolute atomic E-state index is 0.161. The molecule has 1 saturated heterocycles. The lowest BCUT2D eigenvalue weighted by molar-refractivity contribution is -0.199. The number of aryl methyl sites for hydroxylation is 1. The molecule has 0 bridgehead atoms. The van der Waals surface area contributed by atoms with Crippen LogP contribution in [0.4, 0.5) is 39.5 Å². The fourth-order valence-corrected chi connectivity index (χ4v) is 6.65. The molecule has 1 aliphatic heterocycles. The highest BCUT2D eigenvalue weighted by Crippen LogP contribution is 2.59. The highest BCUT2D eigenvalue weighted by Gasteiger charge is 2.70. The molecule has 1 aromatic carbocycles. The molecule has 0 unspecified atom stereocenters. The lowest BCUT2D eigenvalue weighted by Gasteiger charge is -2.28. The van der Waals surface area contributed by atoms with Crippen LogP contribution < -0.4 is 0 Å². The molecule has 2 aromatic rings. The Bertz CT molecular complexity index is 1470. The molecule has 40 heavy (non-hydrogen) atoms. The van der Waals surface area contributed by atoms with Gasteiger partial charge in [0.25, 0.3) is 0 Å². The number of nitrogens with zero attached hydrogens (tertiary/aromatic N) is 3. The van der Waals surface area contributed by atoms with Gasteiger partial charge in [-0.25, -0.2) is 13.2 Å². The fraction of sp³-hybridized carbons (Fsp3) is 0.500. The van der Waals surface area contributed by atoms with Crippen molar-refractivity contribution in [2.45, 2.75) is 54.0 Å². The van der Waals surface area contributed by atoms with Crippen molar-refractivity contribution in [1.29, 1.82) is 0 Å². The summed E-state index contributed by atoms with van der Waals surface area (Å²) in [6.07, 6.45) is -17.1. The van der Waals surface area contributed by atoms with Gasteiger partial charge in [-0.2, -0.15) is 44.6 Å². The molecular weight excluding hydrogens is 589 g/mol. The van der Waals surface area contributed by atoms with Crippen LogP contribution in [0.5, 0.6) is 0 Å². The topological polar surface area (TPSA) is 110 Å². The Balaban J connectivity index is 1.77. The Kier molecular flexibility index (Phi) is 6.75. The number of halogens is 9. The average Bonchev–Trinajstić information content (AvgIpc) is 3.34. The Hall–Kier alpha value is -3.31. The van der Waals surface area contributed by atoms with Crippen molar-refractivity contribution in [3.63, 3.8) is 0 Å². The number of carbonyl (C=O) groups excluding carboxylic acids is 1. The van der Waals surface area contributed by atoms with Gasteiger partial charge in [0.05, 0.1) is 15.7 Å². The number of hydrogen-bond donors (Lipinski definition) is 1.